The average Bonchev–Trinajstić information content (AvgIpc) is 3.16. The highest BCUT2D eigenvalue weighted by molar-refractivity contribution is 5.89. The van der Waals surface area contributed by atoms with Crippen LogP contribution in [0.3, 0.4) is 0 Å². The Labute approximate surface area is 128 Å². The molecule has 1 heterocycles. The summed E-state index contributed by atoms with van der Waals surface area (Å²) >= 11 is 0. The Hall–Kier alpha value is -2.56. The second-order valence-electron chi connectivity index (χ2n) is 5.60. The van der Waals surface area contributed by atoms with E-state index >= 15 is 0 Å². The molecule has 1 aromatic carbocycles. The van der Waals surface area contributed by atoms with E-state index in [4.69, 9.17) is 0 Å². The topological polar surface area (TPSA) is 74.0 Å². The van der Waals surface area contributed by atoms with Crippen LogP contribution in [-0.4, -0.2) is 16.8 Å². The second kappa shape index (κ2) is 6.47. The lowest BCUT2D eigenvalue weighted by molar-refractivity contribution is -0.128. The van der Waals surface area contributed by atoms with Gasteiger partial charge in [-0.2, -0.15) is 0 Å². The molecule has 0 radical (unpaired) electrons. The van der Waals surface area contributed by atoms with Crippen molar-refractivity contribution in [3.05, 3.63) is 48.2 Å². The summed E-state index contributed by atoms with van der Waals surface area (Å²) in [5.74, 6) is -0.0746. The highest BCUT2D eigenvalue weighted by Gasteiger charge is 2.14. The molecule has 0 aliphatic heterocycles. The summed E-state index contributed by atoms with van der Waals surface area (Å²) in [6.45, 7) is 0. The molecule has 0 saturated carbocycles. The molecule has 0 bridgehead atoms. The van der Waals surface area contributed by atoms with Crippen LogP contribution >= 0.6 is 0 Å². The fraction of sp³-hybridized carbons (Fsp3) is 0.294. The van der Waals surface area contributed by atoms with Crippen molar-refractivity contribution in [3.63, 3.8) is 0 Å². The number of rotatable bonds is 4. The number of carbonyl (C=O) groups excluding carboxylic acids is 2. The van der Waals surface area contributed by atoms with E-state index in [2.05, 4.69) is 28.0 Å². The number of aromatic nitrogens is 1. The average molecular weight is 297 g/mol. The molecule has 0 fully saturated rings. The minimum atomic E-state index is -0.222. The molecule has 0 saturated heterocycles. The van der Waals surface area contributed by atoms with Crippen molar-refractivity contribution in [2.45, 2.75) is 25.7 Å². The van der Waals surface area contributed by atoms with Crippen LogP contribution in [0.2, 0.25) is 0 Å². The van der Waals surface area contributed by atoms with Crippen molar-refractivity contribution in [2.24, 2.45) is 5.92 Å². The summed E-state index contributed by atoms with van der Waals surface area (Å²) in [6, 6.07) is 7.82. The quantitative estimate of drug-likeness (QED) is 0.598. The van der Waals surface area contributed by atoms with Crippen molar-refractivity contribution < 1.29 is 9.59 Å². The lowest BCUT2D eigenvalue weighted by Crippen LogP contribution is -2.42. The molecular weight excluding hydrogens is 278 g/mol. The third-order valence-electron chi connectivity index (χ3n) is 3.93. The maximum absolute atomic E-state index is 11.9. The van der Waals surface area contributed by atoms with Gasteiger partial charge in [-0.1, -0.05) is 30.4 Å². The Morgan fingerprint density at radius 1 is 1.18 bits per heavy atom. The van der Waals surface area contributed by atoms with Crippen molar-refractivity contribution in [2.75, 3.05) is 0 Å². The van der Waals surface area contributed by atoms with Crippen LogP contribution in [-0.2, 0) is 16.0 Å². The monoisotopic (exact) mass is 297 g/mol. The third-order valence-corrected chi connectivity index (χ3v) is 3.93. The number of carbonyl (C=O) groups is 2. The number of fused-ring (bicyclic) bond motifs is 1. The first kappa shape index (κ1) is 14.4. The van der Waals surface area contributed by atoms with Crippen LogP contribution in [0.4, 0.5) is 0 Å². The van der Waals surface area contributed by atoms with Gasteiger partial charge >= 0.3 is 0 Å². The maximum atomic E-state index is 11.9. The van der Waals surface area contributed by atoms with Crippen LogP contribution < -0.4 is 10.9 Å². The van der Waals surface area contributed by atoms with Crippen LogP contribution in [0.5, 0.6) is 0 Å². The predicted octanol–water partition coefficient (Wildman–Crippen LogP) is 2.21. The molecule has 0 spiro atoms. The van der Waals surface area contributed by atoms with Crippen molar-refractivity contribution in [1.82, 2.24) is 15.8 Å². The van der Waals surface area contributed by atoms with Gasteiger partial charge in [0.05, 0.1) is 6.42 Å². The Morgan fingerprint density at radius 2 is 2.00 bits per heavy atom. The fourth-order valence-electron chi connectivity index (χ4n) is 2.79. The van der Waals surface area contributed by atoms with Gasteiger partial charge in [0.2, 0.25) is 11.8 Å². The van der Waals surface area contributed by atoms with Gasteiger partial charge < -0.3 is 4.98 Å². The lowest BCUT2D eigenvalue weighted by Gasteiger charge is -2.09. The number of hydrogen-bond donors (Lipinski definition) is 3. The van der Waals surface area contributed by atoms with E-state index in [-0.39, 0.29) is 18.2 Å². The van der Waals surface area contributed by atoms with E-state index < -0.39 is 0 Å². The summed E-state index contributed by atoms with van der Waals surface area (Å²) in [5, 5.41) is 1.03. The van der Waals surface area contributed by atoms with Crippen molar-refractivity contribution >= 4 is 22.7 Å². The number of amides is 2. The number of allylic oxidation sites excluding steroid dienone is 2. The molecular formula is C17H19N3O2. The summed E-state index contributed by atoms with van der Waals surface area (Å²) in [7, 11) is 0. The summed E-state index contributed by atoms with van der Waals surface area (Å²) in [4.78, 5) is 26.8. The highest BCUT2D eigenvalue weighted by atomic mass is 16.2. The van der Waals surface area contributed by atoms with Crippen LogP contribution in [0.1, 0.15) is 24.8 Å². The largest absolute Gasteiger partial charge is 0.361 e. The second-order valence-corrected chi connectivity index (χ2v) is 5.60. The zero-order valence-corrected chi connectivity index (χ0v) is 12.3. The molecule has 114 valence electrons. The number of benzene rings is 1. The zero-order valence-electron chi connectivity index (χ0n) is 12.3. The molecule has 5 heteroatoms. The minimum absolute atomic E-state index is 0.149. The summed E-state index contributed by atoms with van der Waals surface area (Å²) in [6.07, 6.45) is 8.68. The normalized spacial score (nSPS) is 16.8. The van der Waals surface area contributed by atoms with Gasteiger partial charge in [0, 0.05) is 23.5 Å². The Kier molecular flexibility index (Phi) is 4.23. The number of hydrogen-bond acceptors (Lipinski definition) is 2. The van der Waals surface area contributed by atoms with E-state index in [0.717, 1.165) is 29.3 Å². The van der Waals surface area contributed by atoms with Gasteiger partial charge in [-0.3, -0.25) is 20.4 Å². The van der Waals surface area contributed by atoms with Crippen molar-refractivity contribution in [3.8, 4) is 0 Å². The summed E-state index contributed by atoms with van der Waals surface area (Å²) in [5.41, 5.74) is 6.89. The first-order chi connectivity index (χ1) is 10.7. The molecule has 5 nitrogen and oxygen atoms in total. The zero-order chi connectivity index (χ0) is 15.4. The van der Waals surface area contributed by atoms with Crippen LogP contribution in [0.15, 0.2) is 42.6 Å². The molecule has 3 rings (SSSR count). The predicted molar refractivity (Wildman–Crippen MR) is 84.8 cm³/mol. The number of hydrazine groups is 1. The Balaban J connectivity index is 1.50. The summed E-state index contributed by atoms with van der Waals surface area (Å²) < 4.78 is 0. The molecule has 2 aromatic rings. The lowest BCUT2D eigenvalue weighted by atomic mass is 10.1. The number of para-hydroxylation sites is 1. The molecule has 2 amide bonds. The molecule has 1 aliphatic rings. The smallest absolute Gasteiger partial charge is 0.242 e. The van der Waals surface area contributed by atoms with E-state index in [9.17, 15) is 9.59 Å². The number of nitrogens with one attached hydrogen (secondary N) is 3. The molecule has 3 N–H and O–H groups in total. The SMILES string of the molecule is O=C(Cc1c[nH]c2ccccc12)NNC(=O)CC1C=CCC1. The van der Waals surface area contributed by atoms with Crippen LogP contribution in [0, 0.1) is 5.92 Å². The Morgan fingerprint density at radius 3 is 2.82 bits per heavy atom. The minimum Gasteiger partial charge on any atom is -0.361 e. The molecule has 1 aliphatic carbocycles. The molecule has 1 atom stereocenters. The van der Waals surface area contributed by atoms with Crippen molar-refractivity contribution in [1.29, 1.82) is 0 Å². The van der Waals surface area contributed by atoms with Gasteiger partial charge in [0.1, 0.15) is 0 Å². The van der Waals surface area contributed by atoms with Gasteiger partial charge in [0.25, 0.3) is 0 Å². The standard InChI is InChI=1S/C17H19N3O2/c21-16(9-12-5-1-2-6-12)19-20-17(22)10-13-11-18-15-8-4-3-7-14(13)15/h1,3-5,7-8,11-12,18H,2,6,9-10H2,(H,19,21)(H,20,22). The van der Waals surface area contributed by atoms with Gasteiger partial charge in [-0.05, 0) is 30.4 Å². The first-order valence-corrected chi connectivity index (χ1v) is 7.52. The third kappa shape index (κ3) is 3.36. The molecule has 1 unspecified atom stereocenters. The highest BCUT2D eigenvalue weighted by Crippen LogP contribution is 2.20. The van der Waals surface area contributed by atoms with E-state index in [1.165, 1.54) is 0 Å². The van der Waals surface area contributed by atoms with Crippen LogP contribution in [0.25, 0.3) is 10.9 Å². The first-order valence-electron chi connectivity index (χ1n) is 7.52. The number of H-pyrrole nitrogens is 1. The van der Waals surface area contributed by atoms with E-state index in [1.807, 2.05) is 30.5 Å². The van der Waals surface area contributed by atoms with E-state index in [1.54, 1.807) is 0 Å². The van der Waals surface area contributed by atoms with Gasteiger partial charge in [0.15, 0.2) is 0 Å². The number of aromatic amines is 1. The maximum Gasteiger partial charge on any atom is 0.242 e. The van der Waals surface area contributed by atoms with Gasteiger partial charge in [-0.15, -0.1) is 0 Å². The molecule has 22 heavy (non-hydrogen) atoms. The Bertz CT molecular complexity index is 718. The molecule has 1 aromatic heterocycles. The van der Waals surface area contributed by atoms with Gasteiger partial charge in [-0.25, -0.2) is 0 Å². The fourth-order valence-corrected chi connectivity index (χ4v) is 2.79. The van der Waals surface area contributed by atoms with E-state index in [0.29, 0.717) is 12.3 Å².